The van der Waals surface area contributed by atoms with Gasteiger partial charge < -0.3 is 20.1 Å². The molecule has 1 aromatic heterocycles. The molecule has 8 heteroatoms. The monoisotopic (exact) mass is 387 g/mol. The topological polar surface area (TPSA) is 123 Å². The van der Waals surface area contributed by atoms with Crippen molar-refractivity contribution in [2.45, 2.75) is 44.2 Å². The van der Waals surface area contributed by atoms with Crippen molar-refractivity contribution in [3.8, 4) is 0 Å². The van der Waals surface area contributed by atoms with Gasteiger partial charge in [-0.15, -0.1) is 0 Å². The Hall–Kier alpha value is -2.87. The molecule has 0 saturated carbocycles. The molecule has 8 nitrogen and oxygen atoms in total. The quantitative estimate of drug-likeness (QED) is 0.546. The fraction of sp³-hybridized carbons (Fsp3) is 0.450. The van der Waals surface area contributed by atoms with E-state index >= 15 is 0 Å². The number of aromatic amines is 1. The van der Waals surface area contributed by atoms with Crippen LogP contribution >= 0.6 is 0 Å². The van der Waals surface area contributed by atoms with Gasteiger partial charge in [-0.3, -0.25) is 19.7 Å². The van der Waals surface area contributed by atoms with Crippen LogP contribution in [0.2, 0.25) is 0 Å². The molecule has 1 amide bonds. The Morgan fingerprint density at radius 3 is 2.79 bits per heavy atom. The Labute approximate surface area is 162 Å². The number of rotatable bonds is 8. The number of para-hydroxylation sites is 1. The summed E-state index contributed by atoms with van der Waals surface area (Å²) in [5.41, 5.74) is 2.03. The number of aliphatic carboxylic acids is 2. The number of hydrogen-bond acceptors (Lipinski definition) is 4. The largest absolute Gasteiger partial charge is 0.480 e. The summed E-state index contributed by atoms with van der Waals surface area (Å²) in [5.74, 6) is -2.41. The van der Waals surface area contributed by atoms with Gasteiger partial charge in [0.2, 0.25) is 5.91 Å². The van der Waals surface area contributed by atoms with Gasteiger partial charge in [0, 0.05) is 23.6 Å². The van der Waals surface area contributed by atoms with Gasteiger partial charge in [-0.05, 0) is 43.7 Å². The lowest BCUT2D eigenvalue weighted by atomic mass is 10.0. The average Bonchev–Trinajstić information content (AvgIpc) is 3.00. The van der Waals surface area contributed by atoms with E-state index in [0.717, 1.165) is 22.9 Å². The smallest absolute Gasteiger partial charge is 0.323 e. The molecule has 1 aliphatic heterocycles. The number of aromatic nitrogens is 1. The number of carboxylic acid groups (broad SMARTS) is 2. The first-order chi connectivity index (χ1) is 13.5. The van der Waals surface area contributed by atoms with Crippen molar-refractivity contribution in [3.05, 3.63) is 36.0 Å². The number of carboxylic acids is 2. The third-order valence-electron chi connectivity index (χ3n) is 5.18. The third-order valence-corrected chi connectivity index (χ3v) is 5.18. The predicted octanol–water partition coefficient (Wildman–Crippen LogP) is 1.61. The standard InChI is InChI=1S/C20H25N3O5/c24-18(25)12-23-10-4-3-7-16(19(23)26)22-17(20(27)28)9-8-13-11-21-15-6-2-1-5-14(13)15/h1-2,5-6,11,16-17,21-22H,3-4,7-10,12H2,(H,24,25)(H,27,28). The second-order valence-electron chi connectivity index (χ2n) is 7.16. The highest BCUT2D eigenvalue weighted by Crippen LogP contribution is 2.20. The van der Waals surface area contributed by atoms with Crippen molar-refractivity contribution >= 4 is 28.7 Å². The van der Waals surface area contributed by atoms with Gasteiger partial charge in [0.1, 0.15) is 12.6 Å². The van der Waals surface area contributed by atoms with Crippen LogP contribution in [0.15, 0.2) is 30.5 Å². The zero-order valence-electron chi connectivity index (χ0n) is 15.6. The highest BCUT2D eigenvalue weighted by atomic mass is 16.4. The van der Waals surface area contributed by atoms with E-state index in [-0.39, 0.29) is 12.5 Å². The van der Waals surface area contributed by atoms with E-state index in [1.807, 2.05) is 30.5 Å². The number of nitrogens with zero attached hydrogens (tertiary/aromatic N) is 1. The Morgan fingerprint density at radius 2 is 2.04 bits per heavy atom. The molecular weight excluding hydrogens is 362 g/mol. The maximum Gasteiger partial charge on any atom is 0.323 e. The van der Waals surface area contributed by atoms with Gasteiger partial charge in [-0.25, -0.2) is 0 Å². The van der Waals surface area contributed by atoms with Crippen LogP contribution in [-0.2, 0) is 20.8 Å². The Kier molecular flexibility index (Phi) is 6.30. The highest BCUT2D eigenvalue weighted by Gasteiger charge is 2.31. The molecule has 3 rings (SSSR count). The average molecular weight is 387 g/mol. The summed E-state index contributed by atoms with van der Waals surface area (Å²) in [6.07, 6.45) is 4.73. The second-order valence-corrected chi connectivity index (χ2v) is 7.16. The molecule has 150 valence electrons. The van der Waals surface area contributed by atoms with E-state index < -0.39 is 24.0 Å². The van der Waals surface area contributed by atoms with Crippen LogP contribution in [0.4, 0.5) is 0 Å². The normalized spacial score (nSPS) is 18.8. The van der Waals surface area contributed by atoms with Crippen molar-refractivity contribution in [3.63, 3.8) is 0 Å². The number of H-pyrrole nitrogens is 1. The number of nitrogens with one attached hydrogen (secondary N) is 2. The molecular formula is C20H25N3O5. The van der Waals surface area contributed by atoms with Gasteiger partial charge in [0.05, 0.1) is 6.04 Å². The molecule has 2 unspecified atom stereocenters. The number of hydrogen-bond donors (Lipinski definition) is 4. The van der Waals surface area contributed by atoms with E-state index in [4.69, 9.17) is 5.11 Å². The van der Waals surface area contributed by atoms with Crippen LogP contribution in [-0.4, -0.2) is 63.1 Å². The zero-order valence-corrected chi connectivity index (χ0v) is 15.6. The molecule has 1 aliphatic rings. The third kappa shape index (κ3) is 4.69. The predicted molar refractivity (Wildman–Crippen MR) is 103 cm³/mol. The van der Waals surface area contributed by atoms with Crippen molar-refractivity contribution in [1.82, 2.24) is 15.2 Å². The maximum absolute atomic E-state index is 12.6. The number of fused-ring (bicyclic) bond motifs is 1. The van der Waals surface area contributed by atoms with Gasteiger partial charge >= 0.3 is 11.9 Å². The first-order valence-electron chi connectivity index (χ1n) is 9.50. The van der Waals surface area contributed by atoms with Crippen LogP contribution in [0.1, 0.15) is 31.2 Å². The Morgan fingerprint density at radius 1 is 1.25 bits per heavy atom. The fourth-order valence-electron chi connectivity index (χ4n) is 3.74. The molecule has 1 fully saturated rings. The number of aryl methyl sites for hydroxylation is 1. The minimum Gasteiger partial charge on any atom is -0.480 e. The molecule has 2 heterocycles. The maximum atomic E-state index is 12.6. The summed E-state index contributed by atoms with van der Waals surface area (Å²) in [4.78, 5) is 39.9. The molecule has 2 aromatic rings. The van der Waals surface area contributed by atoms with Crippen LogP contribution in [0, 0.1) is 0 Å². The van der Waals surface area contributed by atoms with Gasteiger partial charge in [-0.1, -0.05) is 18.2 Å². The lowest BCUT2D eigenvalue weighted by Crippen LogP contribution is -2.52. The molecule has 4 N–H and O–H groups in total. The Bertz CT molecular complexity index is 862. The summed E-state index contributed by atoms with van der Waals surface area (Å²) in [6.45, 7) is 0.0283. The van der Waals surface area contributed by atoms with E-state index in [2.05, 4.69) is 10.3 Å². The minimum atomic E-state index is -1.07. The summed E-state index contributed by atoms with van der Waals surface area (Å²) < 4.78 is 0. The SMILES string of the molecule is O=C(O)CN1CCCCC(NC(CCc2c[nH]c3ccccc23)C(=O)O)C1=O. The van der Waals surface area contributed by atoms with E-state index in [1.165, 1.54) is 4.90 Å². The summed E-state index contributed by atoms with van der Waals surface area (Å²) >= 11 is 0. The van der Waals surface area contributed by atoms with Crippen LogP contribution in [0.3, 0.4) is 0 Å². The van der Waals surface area contributed by atoms with Crippen LogP contribution in [0.5, 0.6) is 0 Å². The first-order valence-corrected chi connectivity index (χ1v) is 9.50. The lowest BCUT2D eigenvalue weighted by molar-refractivity contribution is -0.146. The summed E-state index contributed by atoms with van der Waals surface area (Å²) in [5, 5.41) is 22.6. The summed E-state index contributed by atoms with van der Waals surface area (Å²) in [6, 6.07) is 6.27. The van der Waals surface area contributed by atoms with Crippen molar-refractivity contribution in [1.29, 1.82) is 0 Å². The second kappa shape index (κ2) is 8.88. The van der Waals surface area contributed by atoms with Crippen LogP contribution < -0.4 is 5.32 Å². The number of carbonyl (C=O) groups excluding carboxylic acids is 1. The lowest BCUT2D eigenvalue weighted by Gasteiger charge is -2.26. The molecule has 1 saturated heterocycles. The fourth-order valence-corrected chi connectivity index (χ4v) is 3.74. The molecule has 0 spiro atoms. The first kappa shape index (κ1) is 19.9. The van der Waals surface area contributed by atoms with E-state index in [1.54, 1.807) is 0 Å². The molecule has 0 bridgehead atoms. The number of benzene rings is 1. The van der Waals surface area contributed by atoms with Crippen LogP contribution in [0.25, 0.3) is 10.9 Å². The van der Waals surface area contributed by atoms with Crippen molar-refractivity contribution < 1.29 is 24.6 Å². The van der Waals surface area contributed by atoms with E-state index in [0.29, 0.717) is 32.2 Å². The molecule has 0 radical (unpaired) electrons. The van der Waals surface area contributed by atoms with Crippen molar-refractivity contribution in [2.24, 2.45) is 0 Å². The highest BCUT2D eigenvalue weighted by molar-refractivity contribution is 5.86. The van der Waals surface area contributed by atoms with E-state index in [9.17, 15) is 19.5 Å². The number of amides is 1. The van der Waals surface area contributed by atoms with Gasteiger partial charge in [0.25, 0.3) is 0 Å². The van der Waals surface area contributed by atoms with Gasteiger partial charge in [-0.2, -0.15) is 0 Å². The summed E-state index contributed by atoms with van der Waals surface area (Å²) in [7, 11) is 0. The zero-order chi connectivity index (χ0) is 20.1. The molecule has 28 heavy (non-hydrogen) atoms. The number of likely N-dealkylation sites (tertiary alicyclic amines) is 1. The van der Waals surface area contributed by atoms with Gasteiger partial charge in [0.15, 0.2) is 0 Å². The number of carbonyl (C=O) groups is 3. The minimum absolute atomic E-state index is 0.333. The molecule has 2 atom stereocenters. The van der Waals surface area contributed by atoms with Crippen molar-refractivity contribution in [2.75, 3.05) is 13.1 Å². The Balaban J connectivity index is 1.67. The molecule has 0 aliphatic carbocycles. The molecule has 1 aromatic carbocycles.